The van der Waals surface area contributed by atoms with Crippen molar-refractivity contribution in [3.63, 3.8) is 0 Å². The molecule has 2 N–H and O–H groups in total. The Labute approximate surface area is 139 Å². The summed E-state index contributed by atoms with van der Waals surface area (Å²) in [6.45, 7) is 11.1. The van der Waals surface area contributed by atoms with Crippen molar-refractivity contribution in [3.05, 3.63) is 0 Å². The zero-order valence-electron chi connectivity index (χ0n) is 14.2. The summed E-state index contributed by atoms with van der Waals surface area (Å²) < 4.78 is 1.74. The summed E-state index contributed by atoms with van der Waals surface area (Å²) in [5.74, 6) is 2.08. The van der Waals surface area contributed by atoms with Gasteiger partial charge in [-0.2, -0.15) is 9.97 Å². The summed E-state index contributed by atoms with van der Waals surface area (Å²) in [4.78, 5) is 20.9. The van der Waals surface area contributed by atoms with Crippen molar-refractivity contribution in [2.75, 3.05) is 29.5 Å². The number of ketones is 1. The van der Waals surface area contributed by atoms with E-state index in [0.29, 0.717) is 35.1 Å². The summed E-state index contributed by atoms with van der Waals surface area (Å²) in [6, 6.07) is 0. The van der Waals surface area contributed by atoms with Gasteiger partial charge in [-0.3, -0.25) is 4.79 Å². The first-order chi connectivity index (χ1) is 10.9. The number of thioether (sulfide) groups is 1. The lowest BCUT2D eigenvalue weighted by Gasteiger charge is -2.15. The Morgan fingerprint density at radius 2 is 1.83 bits per heavy atom. The molecule has 2 heterocycles. The van der Waals surface area contributed by atoms with Crippen LogP contribution in [0.4, 0.5) is 11.9 Å². The predicted octanol–water partition coefficient (Wildman–Crippen LogP) is 2.09. The molecular formula is C14H23N7OS. The SMILES string of the molecule is CCNc1nc(NCC)n2c(SCC(=O)C(C)(C)C)nnc2n1. The van der Waals surface area contributed by atoms with Crippen molar-refractivity contribution in [2.24, 2.45) is 5.41 Å². The first-order valence-corrected chi connectivity index (χ1v) is 8.62. The molecule has 0 spiro atoms. The zero-order chi connectivity index (χ0) is 17.0. The van der Waals surface area contributed by atoms with E-state index < -0.39 is 0 Å². The number of anilines is 2. The maximum Gasteiger partial charge on any atom is 0.261 e. The average Bonchev–Trinajstić information content (AvgIpc) is 2.87. The summed E-state index contributed by atoms with van der Waals surface area (Å²) in [7, 11) is 0. The van der Waals surface area contributed by atoms with Crippen LogP contribution in [0.25, 0.3) is 5.78 Å². The highest BCUT2D eigenvalue weighted by atomic mass is 32.2. The van der Waals surface area contributed by atoms with Crippen LogP contribution in [-0.2, 0) is 4.79 Å². The summed E-state index contributed by atoms with van der Waals surface area (Å²) in [6.07, 6.45) is 0. The molecule has 0 amide bonds. The van der Waals surface area contributed by atoms with Crippen molar-refractivity contribution in [3.8, 4) is 0 Å². The van der Waals surface area contributed by atoms with Crippen LogP contribution in [0.2, 0.25) is 0 Å². The third kappa shape index (κ3) is 4.10. The molecule has 0 saturated carbocycles. The van der Waals surface area contributed by atoms with Crippen LogP contribution in [0.1, 0.15) is 34.6 Å². The number of carbonyl (C=O) groups excluding carboxylic acids is 1. The first-order valence-electron chi connectivity index (χ1n) is 7.63. The number of nitrogens with one attached hydrogen (secondary N) is 2. The molecule has 0 unspecified atom stereocenters. The lowest BCUT2D eigenvalue weighted by atomic mass is 9.92. The molecule has 0 aliphatic rings. The van der Waals surface area contributed by atoms with E-state index in [2.05, 4.69) is 30.8 Å². The number of Topliss-reactive ketones (excluding diaryl/α,β-unsaturated/α-hetero) is 1. The van der Waals surface area contributed by atoms with Gasteiger partial charge in [0.2, 0.25) is 11.9 Å². The second kappa shape index (κ2) is 7.12. The van der Waals surface area contributed by atoms with Crippen LogP contribution in [0.3, 0.4) is 0 Å². The van der Waals surface area contributed by atoms with E-state index in [-0.39, 0.29) is 11.2 Å². The van der Waals surface area contributed by atoms with Gasteiger partial charge in [0, 0.05) is 18.5 Å². The van der Waals surface area contributed by atoms with Crippen LogP contribution in [-0.4, -0.2) is 49.2 Å². The van der Waals surface area contributed by atoms with Gasteiger partial charge in [0.15, 0.2) is 5.16 Å². The van der Waals surface area contributed by atoms with Crippen LogP contribution < -0.4 is 10.6 Å². The molecule has 0 aliphatic heterocycles. The minimum Gasteiger partial charge on any atom is -0.355 e. The highest BCUT2D eigenvalue weighted by Gasteiger charge is 2.22. The fourth-order valence-corrected chi connectivity index (χ4v) is 2.83. The summed E-state index contributed by atoms with van der Waals surface area (Å²) >= 11 is 1.35. The van der Waals surface area contributed by atoms with Crippen molar-refractivity contribution >= 4 is 35.2 Å². The first kappa shape index (κ1) is 17.5. The molecule has 2 rings (SSSR count). The second-order valence-electron chi connectivity index (χ2n) is 6.01. The number of hydrogen-bond acceptors (Lipinski definition) is 8. The molecule has 2 aromatic heterocycles. The van der Waals surface area contributed by atoms with Gasteiger partial charge < -0.3 is 10.6 Å². The van der Waals surface area contributed by atoms with Gasteiger partial charge in [0.05, 0.1) is 5.75 Å². The molecule has 0 bridgehead atoms. The zero-order valence-corrected chi connectivity index (χ0v) is 15.0. The van der Waals surface area contributed by atoms with Crippen LogP contribution in [0, 0.1) is 5.41 Å². The molecule has 8 nitrogen and oxygen atoms in total. The van der Waals surface area contributed by atoms with Crippen molar-refractivity contribution in [1.29, 1.82) is 0 Å². The monoisotopic (exact) mass is 337 g/mol. The minimum absolute atomic E-state index is 0.162. The highest BCUT2D eigenvalue weighted by molar-refractivity contribution is 7.99. The molecule has 0 fully saturated rings. The number of hydrogen-bond donors (Lipinski definition) is 2. The average molecular weight is 337 g/mol. The van der Waals surface area contributed by atoms with Gasteiger partial charge in [-0.05, 0) is 13.8 Å². The van der Waals surface area contributed by atoms with Crippen LogP contribution in [0.5, 0.6) is 0 Å². The second-order valence-corrected chi connectivity index (χ2v) is 6.95. The van der Waals surface area contributed by atoms with Gasteiger partial charge in [0.1, 0.15) is 5.78 Å². The molecule has 0 radical (unpaired) electrons. The quantitative estimate of drug-likeness (QED) is 0.741. The Bertz CT molecular complexity index is 692. The molecular weight excluding hydrogens is 314 g/mol. The van der Waals surface area contributed by atoms with E-state index in [0.717, 1.165) is 6.54 Å². The largest absolute Gasteiger partial charge is 0.355 e. The number of carbonyl (C=O) groups is 1. The van der Waals surface area contributed by atoms with E-state index in [9.17, 15) is 4.79 Å². The Morgan fingerprint density at radius 1 is 1.13 bits per heavy atom. The topological polar surface area (TPSA) is 97.1 Å². The number of fused-ring (bicyclic) bond motifs is 1. The third-order valence-corrected chi connectivity index (χ3v) is 4.01. The summed E-state index contributed by atoms with van der Waals surface area (Å²) in [5.41, 5.74) is -0.368. The number of rotatable bonds is 7. The predicted molar refractivity (Wildman–Crippen MR) is 92.1 cm³/mol. The fourth-order valence-electron chi connectivity index (χ4n) is 1.74. The van der Waals surface area contributed by atoms with Gasteiger partial charge >= 0.3 is 0 Å². The van der Waals surface area contributed by atoms with E-state index in [1.54, 1.807) is 4.40 Å². The van der Waals surface area contributed by atoms with Gasteiger partial charge in [-0.25, -0.2) is 4.40 Å². The third-order valence-electron chi connectivity index (χ3n) is 3.08. The van der Waals surface area contributed by atoms with E-state index in [4.69, 9.17) is 0 Å². The molecule has 0 aliphatic carbocycles. The molecule has 126 valence electrons. The lowest BCUT2D eigenvalue weighted by molar-refractivity contribution is -0.123. The maximum atomic E-state index is 12.1. The van der Waals surface area contributed by atoms with E-state index in [1.807, 2.05) is 34.6 Å². The molecule has 0 saturated heterocycles. The minimum atomic E-state index is -0.368. The van der Waals surface area contributed by atoms with Crippen molar-refractivity contribution in [1.82, 2.24) is 24.6 Å². The molecule has 23 heavy (non-hydrogen) atoms. The smallest absolute Gasteiger partial charge is 0.261 e. The fraction of sp³-hybridized carbons (Fsp3) is 0.643. The Hall–Kier alpha value is -1.90. The van der Waals surface area contributed by atoms with E-state index in [1.165, 1.54) is 11.8 Å². The molecule has 0 atom stereocenters. The van der Waals surface area contributed by atoms with Crippen LogP contribution >= 0.6 is 11.8 Å². The molecule has 0 aromatic carbocycles. The molecule has 2 aromatic rings. The normalized spacial score (nSPS) is 11.7. The number of nitrogens with zero attached hydrogens (tertiary/aromatic N) is 5. The Morgan fingerprint density at radius 3 is 2.43 bits per heavy atom. The van der Waals surface area contributed by atoms with Gasteiger partial charge in [-0.15, -0.1) is 10.2 Å². The van der Waals surface area contributed by atoms with Crippen molar-refractivity contribution < 1.29 is 4.79 Å². The van der Waals surface area contributed by atoms with Gasteiger partial charge in [0.25, 0.3) is 5.78 Å². The standard InChI is InChI=1S/C14H23N7OS/c1-6-15-10-17-11(16-7-2)21-12(18-10)19-20-13(21)23-8-9(22)14(3,4)5/h6-8H2,1-5H3,(H2,15,16,17,18,19). The van der Waals surface area contributed by atoms with E-state index >= 15 is 0 Å². The van der Waals surface area contributed by atoms with Gasteiger partial charge in [-0.1, -0.05) is 32.5 Å². The van der Waals surface area contributed by atoms with Crippen LogP contribution in [0.15, 0.2) is 5.16 Å². The maximum absolute atomic E-state index is 12.1. The summed E-state index contributed by atoms with van der Waals surface area (Å²) in [5, 5.41) is 15.1. The van der Waals surface area contributed by atoms with Crippen molar-refractivity contribution in [2.45, 2.75) is 39.8 Å². The Balaban J connectivity index is 2.32. The number of aromatic nitrogens is 5. The highest BCUT2D eigenvalue weighted by Crippen LogP contribution is 2.24. The molecule has 9 heteroatoms. The lowest BCUT2D eigenvalue weighted by Crippen LogP contribution is -2.22. The Kier molecular flexibility index (Phi) is 5.40.